The molecule has 1 heterocycles. The van der Waals surface area contributed by atoms with E-state index >= 15 is 0 Å². The lowest BCUT2D eigenvalue weighted by atomic mass is 10.0. The minimum Gasteiger partial charge on any atom is -0.497 e. The highest BCUT2D eigenvalue weighted by Gasteiger charge is 2.28. The first-order valence-electron chi connectivity index (χ1n) is 16.2. The molecule has 250 valence electrons. The van der Waals surface area contributed by atoms with Gasteiger partial charge in [0.05, 0.1) is 34.0 Å². The van der Waals surface area contributed by atoms with Crippen LogP contribution in [-0.4, -0.2) is 51.0 Å². The van der Waals surface area contributed by atoms with Crippen molar-refractivity contribution in [2.45, 2.75) is 39.5 Å². The maximum Gasteiger partial charge on any atom is 0.320 e. The normalized spacial score (nSPS) is 11.0. The molecule has 9 nitrogen and oxygen atoms in total. The van der Waals surface area contributed by atoms with Crippen LogP contribution in [0.1, 0.15) is 39.5 Å². The standard InChI is InChI=1S/C39H41NO8/c1-5-45-38(41)34(39(42)46-6-2)10-8-7-9-23-47-33-22-17-28-24-30(12-11-29(28)25-33)37-40-35(26-13-18-31(43-3)19-14-26)36(48-37)27-15-20-32(44-4)21-16-27/h11-22,24-25,34H,5-10,23H2,1-4H3. The summed E-state index contributed by atoms with van der Waals surface area (Å²) >= 11 is 0. The van der Waals surface area contributed by atoms with Gasteiger partial charge in [-0.25, -0.2) is 4.98 Å². The number of aromatic nitrogens is 1. The summed E-state index contributed by atoms with van der Waals surface area (Å²) in [6.07, 6.45) is 2.67. The molecule has 0 amide bonds. The fraction of sp³-hybridized carbons (Fsp3) is 0.308. The Kier molecular flexibility index (Phi) is 11.7. The van der Waals surface area contributed by atoms with Crippen molar-refractivity contribution in [2.24, 2.45) is 5.92 Å². The Hall–Kier alpha value is -5.31. The molecule has 9 heteroatoms. The lowest BCUT2D eigenvalue weighted by molar-refractivity contribution is -0.161. The first kappa shape index (κ1) is 34.0. The van der Waals surface area contributed by atoms with E-state index in [9.17, 15) is 9.59 Å². The molecule has 0 unspecified atom stereocenters. The Bertz CT molecular complexity index is 1730. The molecule has 0 fully saturated rings. The zero-order valence-corrected chi connectivity index (χ0v) is 27.8. The van der Waals surface area contributed by atoms with Crippen LogP contribution in [0, 0.1) is 5.92 Å². The third kappa shape index (κ3) is 8.34. The smallest absolute Gasteiger partial charge is 0.320 e. The Morgan fingerprint density at radius 1 is 0.667 bits per heavy atom. The van der Waals surface area contributed by atoms with E-state index in [4.69, 9.17) is 33.1 Å². The van der Waals surface area contributed by atoms with Gasteiger partial charge in [0, 0.05) is 16.7 Å². The molecule has 0 saturated carbocycles. The van der Waals surface area contributed by atoms with Gasteiger partial charge in [-0.2, -0.15) is 0 Å². The Balaban J connectivity index is 1.25. The highest BCUT2D eigenvalue weighted by atomic mass is 16.6. The van der Waals surface area contributed by atoms with Gasteiger partial charge in [0.25, 0.3) is 0 Å². The maximum atomic E-state index is 12.2. The third-order valence-corrected chi connectivity index (χ3v) is 7.95. The molecule has 0 aliphatic carbocycles. The quantitative estimate of drug-likeness (QED) is 0.0589. The lowest BCUT2D eigenvalue weighted by Gasteiger charge is -2.14. The molecular formula is C39H41NO8. The summed E-state index contributed by atoms with van der Waals surface area (Å²) in [7, 11) is 3.28. The van der Waals surface area contributed by atoms with Crippen molar-refractivity contribution in [3.05, 3.63) is 84.9 Å². The molecule has 0 saturated heterocycles. The highest BCUT2D eigenvalue weighted by Crippen LogP contribution is 2.38. The van der Waals surface area contributed by atoms with Crippen LogP contribution in [0.4, 0.5) is 0 Å². The number of hydrogen-bond donors (Lipinski definition) is 0. The van der Waals surface area contributed by atoms with Crippen molar-refractivity contribution in [1.29, 1.82) is 0 Å². The average molecular weight is 652 g/mol. The van der Waals surface area contributed by atoms with Crippen LogP contribution in [0.15, 0.2) is 89.3 Å². The molecule has 0 radical (unpaired) electrons. The topological polar surface area (TPSA) is 106 Å². The highest BCUT2D eigenvalue weighted by molar-refractivity contribution is 5.95. The zero-order valence-electron chi connectivity index (χ0n) is 27.8. The predicted molar refractivity (Wildman–Crippen MR) is 184 cm³/mol. The van der Waals surface area contributed by atoms with Crippen LogP contribution in [0.2, 0.25) is 0 Å². The third-order valence-electron chi connectivity index (χ3n) is 7.95. The molecule has 5 rings (SSSR count). The number of benzene rings is 4. The Labute approximate surface area is 280 Å². The molecule has 4 aromatic carbocycles. The minimum absolute atomic E-state index is 0.229. The van der Waals surface area contributed by atoms with Crippen molar-refractivity contribution < 1.29 is 37.7 Å². The van der Waals surface area contributed by atoms with Crippen molar-refractivity contribution in [2.75, 3.05) is 34.0 Å². The summed E-state index contributed by atoms with van der Waals surface area (Å²) in [4.78, 5) is 29.3. The van der Waals surface area contributed by atoms with Crippen molar-refractivity contribution >= 4 is 22.7 Å². The fourth-order valence-electron chi connectivity index (χ4n) is 5.41. The summed E-state index contributed by atoms with van der Waals surface area (Å²) in [5.74, 6) is 1.55. The number of methoxy groups -OCH3 is 2. The molecule has 0 bridgehead atoms. The van der Waals surface area contributed by atoms with E-state index in [1.807, 2.05) is 78.9 Å². The molecule has 48 heavy (non-hydrogen) atoms. The Morgan fingerprint density at radius 2 is 1.23 bits per heavy atom. The Morgan fingerprint density at radius 3 is 1.85 bits per heavy atom. The van der Waals surface area contributed by atoms with Crippen LogP contribution in [-0.2, 0) is 19.1 Å². The second-order valence-electron chi connectivity index (χ2n) is 11.1. The second kappa shape index (κ2) is 16.5. The van der Waals surface area contributed by atoms with E-state index in [-0.39, 0.29) is 13.2 Å². The van der Waals surface area contributed by atoms with Crippen molar-refractivity contribution in [3.8, 4) is 51.3 Å². The number of fused-ring (bicyclic) bond motifs is 1. The molecule has 0 aliphatic rings. The van der Waals surface area contributed by atoms with E-state index in [0.29, 0.717) is 31.1 Å². The minimum atomic E-state index is -0.879. The number of ether oxygens (including phenoxy) is 5. The van der Waals surface area contributed by atoms with Crippen LogP contribution < -0.4 is 14.2 Å². The fourth-order valence-corrected chi connectivity index (χ4v) is 5.41. The monoisotopic (exact) mass is 651 g/mol. The van der Waals surface area contributed by atoms with E-state index in [1.165, 1.54) is 0 Å². The van der Waals surface area contributed by atoms with Crippen molar-refractivity contribution in [1.82, 2.24) is 4.98 Å². The summed E-state index contributed by atoms with van der Waals surface area (Å²) in [5.41, 5.74) is 3.39. The maximum absolute atomic E-state index is 12.2. The number of oxazole rings is 1. The molecule has 0 N–H and O–H groups in total. The summed E-state index contributed by atoms with van der Waals surface area (Å²) in [6, 6.07) is 27.6. The lowest BCUT2D eigenvalue weighted by Crippen LogP contribution is -2.28. The SMILES string of the molecule is CCOC(=O)C(CCCCCOc1ccc2cc(-c3nc(-c4ccc(OC)cc4)c(-c4ccc(OC)cc4)o3)ccc2c1)C(=O)OCC. The number of esters is 2. The zero-order chi connectivity index (χ0) is 33.9. The first-order valence-corrected chi connectivity index (χ1v) is 16.2. The van der Waals surface area contributed by atoms with E-state index < -0.39 is 17.9 Å². The van der Waals surface area contributed by atoms with Crippen LogP contribution in [0.5, 0.6) is 17.2 Å². The van der Waals surface area contributed by atoms with Gasteiger partial charge in [0.15, 0.2) is 11.7 Å². The number of carbonyl (C=O) groups excluding carboxylic acids is 2. The summed E-state index contributed by atoms with van der Waals surface area (Å²) in [6.45, 7) is 4.42. The molecule has 0 aliphatic heterocycles. The van der Waals surface area contributed by atoms with Crippen molar-refractivity contribution in [3.63, 3.8) is 0 Å². The summed E-state index contributed by atoms with van der Waals surface area (Å²) in [5, 5.41) is 2.05. The average Bonchev–Trinajstić information content (AvgIpc) is 3.57. The number of rotatable bonds is 16. The number of carbonyl (C=O) groups is 2. The largest absolute Gasteiger partial charge is 0.497 e. The van der Waals surface area contributed by atoms with Gasteiger partial charge in [-0.15, -0.1) is 0 Å². The second-order valence-corrected chi connectivity index (χ2v) is 11.1. The van der Waals surface area contributed by atoms with Gasteiger partial charge in [0.2, 0.25) is 5.89 Å². The van der Waals surface area contributed by atoms with Gasteiger partial charge >= 0.3 is 11.9 Å². The van der Waals surface area contributed by atoms with E-state index in [0.717, 1.165) is 63.2 Å². The number of hydrogen-bond acceptors (Lipinski definition) is 9. The summed E-state index contributed by atoms with van der Waals surface area (Å²) < 4.78 is 33.3. The molecule has 1 aromatic heterocycles. The number of nitrogens with zero attached hydrogens (tertiary/aromatic N) is 1. The molecule has 0 spiro atoms. The molecule has 0 atom stereocenters. The van der Waals surface area contributed by atoms with Gasteiger partial charge in [0.1, 0.15) is 22.9 Å². The van der Waals surface area contributed by atoms with Gasteiger partial charge < -0.3 is 28.1 Å². The van der Waals surface area contributed by atoms with E-state index in [1.54, 1.807) is 28.1 Å². The molecule has 5 aromatic rings. The van der Waals surface area contributed by atoms with Crippen LogP contribution in [0.25, 0.3) is 44.8 Å². The number of unbranched alkanes of at least 4 members (excludes halogenated alkanes) is 2. The van der Waals surface area contributed by atoms with Gasteiger partial charge in [-0.1, -0.05) is 25.0 Å². The van der Waals surface area contributed by atoms with Crippen LogP contribution in [0.3, 0.4) is 0 Å². The van der Waals surface area contributed by atoms with E-state index in [2.05, 4.69) is 6.07 Å². The van der Waals surface area contributed by atoms with Gasteiger partial charge in [-0.05, 0) is 110 Å². The predicted octanol–water partition coefficient (Wildman–Crippen LogP) is 8.53. The van der Waals surface area contributed by atoms with Crippen LogP contribution >= 0.6 is 0 Å². The molecular weight excluding hydrogens is 610 g/mol. The van der Waals surface area contributed by atoms with Gasteiger partial charge in [-0.3, -0.25) is 9.59 Å². The first-order chi connectivity index (χ1) is 23.4.